The second-order valence-corrected chi connectivity index (χ2v) is 16.2. The van der Waals surface area contributed by atoms with E-state index in [0.29, 0.717) is 31.1 Å². The number of alkyl halides is 6. The Kier molecular flexibility index (Phi) is 12.8. The van der Waals surface area contributed by atoms with Crippen LogP contribution >= 0.6 is 11.8 Å². The fourth-order valence-electron chi connectivity index (χ4n) is 9.01. The lowest BCUT2D eigenvalue weighted by Gasteiger charge is -2.53. The molecule has 0 bridgehead atoms. The summed E-state index contributed by atoms with van der Waals surface area (Å²) in [4.78, 5) is 15.3. The number of fused-ring (bicyclic) bond motifs is 5. The highest BCUT2D eigenvalue weighted by molar-refractivity contribution is 7.99. The van der Waals surface area contributed by atoms with Gasteiger partial charge in [0.25, 0.3) is 0 Å². The van der Waals surface area contributed by atoms with Crippen LogP contribution in [0.3, 0.4) is 0 Å². The third kappa shape index (κ3) is 8.87. The number of benzene rings is 1. The molecule has 48 heavy (non-hydrogen) atoms. The van der Waals surface area contributed by atoms with E-state index < -0.39 is 30.1 Å². The normalized spacial score (nSPS) is 30.6. The lowest BCUT2D eigenvalue weighted by molar-refractivity contribution is -0.284. The molecule has 11 heteroatoms. The second kappa shape index (κ2) is 16.3. The Labute approximate surface area is 286 Å². The number of carbonyl (C=O) groups excluding carboxylic acids is 1. The Bertz CT molecular complexity index is 1210. The summed E-state index contributed by atoms with van der Waals surface area (Å²) in [5.74, 6) is -2.07. The van der Waals surface area contributed by atoms with E-state index in [2.05, 4.69) is 24.1 Å². The first-order chi connectivity index (χ1) is 22.8. The van der Waals surface area contributed by atoms with Crippen LogP contribution in [0.5, 0.6) is 5.75 Å². The maximum absolute atomic E-state index is 16.2. The molecule has 272 valence electrons. The van der Waals surface area contributed by atoms with Crippen LogP contribution in [0.15, 0.2) is 18.2 Å². The van der Waals surface area contributed by atoms with Crippen LogP contribution in [0.25, 0.3) is 0 Å². The predicted molar refractivity (Wildman–Crippen MR) is 178 cm³/mol. The van der Waals surface area contributed by atoms with Gasteiger partial charge in [-0.05, 0) is 130 Å². The van der Waals surface area contributed by atoms with Crippen molar-refractivity contribution in [3.8, 4) is 5.75 Å². The highest BCUT2D eigenvalue weighted by atomic mass is 32.2. The average molecular weight is 706 g/mol. The van der Waals surface area contributed by atoms with Gasteiger partial charge in [0.1, 0.15) is 17.7 Å². The summed E-state index contributed by atoms with van der Waals surface area (Å²) in [5, 5.41) is 0. The summed E-state index contributed by atoms with van der Waals surface area (Å²) in [6.45, 7) is 4.50. The number of ketones is 1. The van der Waals surface area contributed by atoms with Gasteiger partial charge >= 0.3 is 12.1 Å². The number of thioether (sulfide) groups is 1. The van der Waals surface area contributed by atoms with Crippen molar-refractivity contribution in [2.45, 2.75) is 127 Å². The van der Waals surface area contributed by atoms with Crippen molar-refractivity contribution in [1.29, 1.82) is 0 Å². The molecule has 3 unspecified atom stereocenters. The van der Waals surface area contributed by atoms with E-state index in [1.165, 1.54) is 17.3 Å². The zero-order valence-corrected chi connectivity index (χ0v) is 29.3. The van der Waals surface area contributed by atoms with E-state index in [1.807, 2.05) is 13.0 Å². The number of halogens is 6. The van der Waals surface area contributed by atoms with Gasteiger partial charge in [-0.15, -0.1) is 0 Å². The minimum Gasteiger partial charge on any atom is -0.465 e. The zero-order valence-electron chi connectivity index (χ0n) is 28.5. The third-order valence-electron chi connectivity index (χ3n) is 11.6. The van der Waals surface area contributed by atoms with Gasteiger partial charge in [-0.2, -0.15) is 33.7 Å². The fourth-order valence-corrected chi connectivity index (χ4v) is 9.89. The number of hydrogen-bond donors (Lipinski definition) is 0. The molecule has 7 atom stereocenters. The molecule has 3 aliphatic carbocycles. The predicted octanol–water partition coefficient (Wildman–Crippen LogP) is 9.78. The number of unbranched alkanes of at least 4 members (excludes halogenated alkanes) is 2. The van der Waals surface area contributed by atoms with Gasteiger partial charge < -0.3 is 14.4 Å². The molecule has 0 spiro atoms. The second-order valence-electron chi connectivity index (χ2n) is 15.0. The number of hydrogen-bond acceptors (Lipinski definition) is 5. The molecule has 1 saturated heterocycles. The van der Waals surface area contributed by atoms with Crippen molar-refractivity contribution >= 4 is 17.5 Å². The largest absolute Gasteiger partial charge is 0.465 e. The number of carbonyl (C=O) groups is 1. The summed E-state index contributed by atoms with van der Waals surface area (Å²) in [5.41, 5.74) is 1.71. The van der Waals surface area contributed by atoms with E-state index in [-0.39, 0.29) is 36.2 Å². The lowest BCUT2D eigenvalue weighted by Crippen LogP contribution is -2.50. The van der Waals surface area contributed by atoms with Gasteiger partial charge in [-0.1, -0.05) is 25.8 Å². The first kappa shape index (κ1) is 37.8. The van der Waals surface area contributed by atoms with Crippen molar-refractivity contribution < 1.29 is 40.6 Å². The fraction of sp³-hybridized carbons (Fsp3) is 0.811. The topological polar surface area (TPSA) is 38.8 Å². The molecule has 0 amide bonds. The molecule has 4 aliphatic rings. The van der Waals surface area contributed by atoms with Gasteiger partial charge in [-0.3, -0.25) is 4.79 Å². The van der Waals surface area contributed by atoms with E-state index in [4.69, 9.17) is 9.47 Å². The Morgan fingerprint density at radius 3 is 2.54 bits per heavy atom. The summed E-state index contributed by atoms with van der Waals surface area (Å²) in [6.07, 6.45) is 2.52. The monoisotopic (exact) mass is 705 g/mol. The molecule has 1 aromatic carbocycles. The molecule has 5 rings (SSSR count). The molecule has 3 fully saturated rings. The Balaban J connectivity index is 1.10. The van der Waals surface area contributed by atoms with E-state index in [0.717, 1.165) is 94.4 Å². The maximum Gasteiger partial charge on any atom is 0.453 e. The van der Waals surface area contributed by atoms with Crippen LogP contribution in [-0.4, -0.2) is 73.5 Å². The van der Waals surface area contributed by atoms with Gasteiger partial charge in [0.2, 0.25) is 0 Å². The van der Waals surface area contributed by atoms with Crippen LogP contribution in [0.4, 0.5) is 26.3 Å². The maximum atomic E-state index is 16.2. The lowest BCUT2D eigenvalue weighted by atomic mass is 9.51. The first-order valence-corrected chi connectivity index (χ1v) is 19.2. The van der Waals surface area contributed by atoms with E-state index in [1.54, 1.807) is 0 Å². The van der Waals surface area contributed by atoms with Gasteiger partial charge in [-0.25, -0.2) is 4.39 Å². The van der Waals surface area contributed by atoms with Crippen molar-refractivity contribution in [3.05, 3.63) is 29.3 Å². The van der Waals surface area contributed by atoms with Crippen LogP contribution < -0.4 is 4.74 Å². The molecule has 1 aliphatic heterocycles. The smallest absolute Gasteiger partial charge is 0.453 e. The minimum absolute atomic E-state index is 0.158. The summed E-state index contributed by atoms with van der Waals surface area (Å²) >= 11 is 1.43. The van der Waals surface area contributed by atoms with Gasteiger partial charge in [0.15, 0.2) is 6.29 Å². The average Bonchev–Trinajstić information content (AvgIpc) is 3.32. The Morgan fingerprint density at radius 1 is 1.02 bits per heavy atom. The summed E-state index contributed by atoms with van der Waals surface area (Å²) in [6, 6.07) is 6.17. The first-order valence-electron chi connectivity index (χ1n) is 18.1. The third-order valence-corrected chi connectivity index (χ3v) is 12.7. The van der Waals surface area contributed by atoms with E-state index in [9.17, 15) is 26.7 Å². The van der Waals surface area contributed by atoms with Crippen molar-refractivity contribution in [2.75, 3.05) is 38.2 Å². The van der Waals surface area contributed by atoms with Crippen LogP contribution in [0.1, 0.15) is 107 Å². The van der Waals surface area contributed by atoms with Gasteiger partial charge in [0, 0.05) is 30.6 Å². The van der Waals surface area contributed by atoms with E-state index >= 15 is 4.39 Å². The molecule has 0 N–H and O–H groups in total. The highest BCUT2D eigenvalue weighted by Gasteiger charge is 2.60. The zero-order chi connectivity index (χ0) is 34.5. The summed E-state index contributed by atoms with van der Waals surface area (Å²) < 4.78 is 91.2. The SMILES string of the molecule is CN(CCCCCC1Cc2cc(OC3CCCCO3)ccc2[C@H]2C(F)C[C@]3(C)C(=O)CC[C@H]3[C@H]12)CCCSCCCC(F)(F)C(F)(F)F. The highest BCUT2D eigenvalue weighted by Crippen LogP contribution is 2.62. The quantitative estimate of drug-likeness (QED) is 0.127. The number of rotatable bonds is 16. The Hall–Kier alpha value is -1.46. The molecular weight excluding hydrogens is 652 g/mol. The molecule has 1 heterocycles. The van der Waals surface area contributed by atoms with Crippen LogP contribution in [0, 0.1) is 23.2 Å². The molecule has 0 aromatic heterocycles. The van der Waals surface area contributed by atoms with Crippen LogP contribution in [-0.2, 0) is 16.0 Å². The molecular formula is C37H53F6NO3S. The molecule has 0 radical (unpaired) electrons. The number of ether oxygens (including phenoxy) is 2. The van der Waals surface area contributed by atoms with Crippen molar-refractivity contribution in [2.24, 2.45) is 23.2 Å². The Morgan fingerprint density at radius 2 is 1.79 bits per heavy atom. The molecule has 2 saturated carbocycles. The standard InChI is InChI=1S/C37H53F6NO3S/c1-35-24-30(38)34-28-13-12-27(47-32-11-5-7-19-46-32)23-26(28)22-25(33(34)29(35)14-15-31(35)45)10-4-3-6-17-44(2)18-9-21-48-20-8-16-36(39,40)37(41,42)43/h12-13,23,25,29-30,32-34H,3-11,14-22,24H2,1-2H3/t25?,29-,30?,32?,33-,34-,35-/m0/s1. The van der Waals surface area contributed by atoms with Gasteiger partial charge in [0.05, 0.1) is 6.61 Å². The molecule has 1 aromatic rings. The van der Waals surface area contributed by atoms with Crippen LogP contribution in [0.2, 0.25) is 0 Å². The number of nitrogens with zero attached hydrogens (tertiary/aromatic N) is 1. The number of Topliss-reactive ketones (excluding diaryl/α,β-unsaturated/α-hetero) is 1. The van der Waals surface area contributed by atoms with Crippen molar-refractivity contribution in [3.63, 3.8) is 0 Å². The minimum atomic E-state index is -5.47. The van der Waals surface area contributed by atoms with Crippen molar-refractivity contribution in [1.82, 2.24) is 4.90 Å². The summed E-state index contributed by atoms with van der Waals surface area (Å²) in [7, 11) is 2.05. The molecule has 4 nitrogen and oxygen atoms in total.